The van der Waals surface area contributed by atoms with Crippen LogP contribution in [0.2, 0.25) is 0 Å². The van der Waals surface area contributed by atoms with Crippen molar-refractivity contribution in [1.82, 2.24) is 4.90 Å². The van der Waals surface area contributed by atoms with Crippen LogP contribution >= 0.6 is 0 Å². The fraction of sp³-hybridized carbons (Fsp3) is 0.600. The fourth-order valence-electron chi connectivity index (χ4n) is 2.81. The molecule has 1 unspecified atom stereocenters. The monoisotopic (exact) mass is 284 g/mol. The summed E-state index contributed by atoms with van der Waals surface area (Å²) < 4.78 is 32.0. The molecule has 0 radical (unpaired) electrons. The Hall–Kier alpha value is -1.04. The highest BCUT2D eigenvalue weighted by molar-refractivity contribution is 5.22. The van der Waals surface area contributed by atoms with Crippen molar-refractivity contribution in [2.45, 2.75) is 31.9 Å². The molecule has 20 heavy (non-hydrogen) atoms. The van der Waals surface area contributed by atoms with Crippen molar-refractivity contribution in [2.75, 3.05) is 26.2 Å². The van der Waals surface area contributed by atoms with E-state index in [4.69, 9.17) is 10.5 Å². The minimum Gasteiger partial charge on any atom is -0.378 e. The molecule has 0 aromatic heterocycles. The van der Waals surface area contributed by atoms with Gasteiger partial charge in [0.05, 0.1) is 6.10 Å². The number of nitrogens with zero attached hydrogens (tertiary/aromatic N) is 1. The maximum atomic E-state index is 13.4. The minimum atomic E-state index is -0.820. The van der Waals surface area contributed by atoms with Crippen LogP contribution in [0.4, 0.5) is 8.78 Å². The van der Waals surface area contributed by atoms with E-state index in [2.05, 4.69) is 4.90 Å². The van der Waals surface area contributed by atoms with Gasteiger partial charge >= 0.3 is 0 Å². The zero-order chi connectivity index (χ0) is 14.5. The molecule has 1 atom stereocenters. The van der Waals surface area contributed by atoms with Gasteiger partial charge in [-0.3, -0.25) is 4.90 Å². The minimum absolute atomic E-state index is 0.0623. The molecule has 0 aliphatic carbocycles. The third-order valence-corrected chi connectivity index (χ3v) is 3.87. The molecule has 112 valence electrons. The van der Waals surface area contributed by atoms with Gasteiger partial charge in [-0.05, 0) is 37.5 Å². The van der Waals surface area contributed by atoms with E-state index in [1.54, 1.807) is 6.07 Å². The van der Waals surface area contributed by atoms with Crippen molar-refractivity contribution in [1.29, 1.82) is 0 Å². The summed E-state index contributed by atoms with van der Waals surface area (Å²) in [6, 6.07) is 3.97. The van der Waals surface area contributed by atoms with E-state index in [0.717, 1.165) is 38.1 Å². The normalized spacial score (nSPS) is 19.2. The quantitative estimate of drug-likeness (QED) is 0.902. The molecule has 0 saturated carbocycles. The van der Waals surface area contributed by atoms with Gasteiger partial charge in [-0.1, -0.05) is 6.07 Å². The summed E-state index contributed by atoms with van der Waals surface area (Å²) in [5.41, 5.74) is 6.57. The molecule has 5 heteroatoms. The lowest BCUT2D eigenvalue weighted by atomic mass is 10.0. The van der Waals surface area contributed by atoms with Crippen molar-refractivity contribution in [2.24, 2.45) is 5.73 Å². The Kier molecular flexibility index (Phi) is 5.46. The average Bonchev–Trinajstić information content (AvgIpc) is 2.46. The van der Waals surface area contributed by atoms with E-state index in [-0.39, 0.29) is 6.04 Å². The summed E-state index contributed by atoms with van der Waals surface area (Å²) in [7, 11) is 0. The highest BCUT2D eigenvalue weighted by atomic mass is 19.2. The molecule has 3 nitrogen and oxygen atoms in total. The number of rotatable bonds is 5. The fourth-order valence-corrected chi connectivity index (χ4v) is 2.81. The van der Waals surface area contributed by atoms with E-state index < -0.39 is 11.6 Å². The Morgan fingerprint density at radius 1 is 1.30 bits per heavy atom. The van der Waals surface area contributed by atoms with Gasteiger partial charge in [-0.25, -0.2) is 8.78 Å². The summed E-state index contributed by atoms with van der Waals surface area (Å²) in [5, 5.41) is 0. The van der Waals surface area contributed by atoms with E-state index in [1.807, 2.05) is 6.92 Å². The zero-order valence-electron chi connectivity index (χ0n) is 11.8. The lowest BCUT2D eigenvalue weighted by molar-refractivity contribution is 0.00448. The van der Waals surface area contributed by atoms with Crippen LogP contribution in [0.5, 0.6) is 0 Å². The second-order valence-corrected chi connectivity index (χ2v) is 5.12. The maximum Gasteiger partial charge on any atom is 0.159 e. The van der Waals surface area contributed by atoms with Gasteiger partial charge in [0, 0.05) is 32.3 Å². The van der Waals surface area contributed by atoms with Crippen molar-refractivity contribution in [3.63, 3.8) is 0 Å². The van der Waals surface area contributed by atoms with Crippen LogP contribution in [-0.4, -0.2) is 37.2 Å². The molecule has 1 saturated heterocycles. The summed E-state index contributed by atoms with van der Waals surface area (Å²) in [6.45, 7) is 4.85. The first-order valence-electron chi connectivity index (χ1n) is 7.16. The van der Waals surface area contributed by atoms with Crippen LogP contribution < -0.4 is 5.73 Å². The SMILES string of the molecule is CCOC1CCN(C(CN)c2ccc(F)c(F)c2)CC1. The van der Waals surface area contributed by atoms with Crippen molar-refractivity contribution in [3.8, 4) is 0 Å². The van der Waals surface area contributed by atoms with Gasteiger partial charge in [0.2, 0.25) is 0 Å². The van der Waals surface area contributed by atoms with E-state index >= 15 is 0 Å². The summed E-state index contributed by atoms with van der Waals surface area (Å²) >= 11 is 0. The Morgan fingerprint density at radius 2 is 2.00 bits per heavy atom. The van der Waals surface area contributed by atoms with Crippen LogP contribution in [0, 0.1) is 11.6 Å². The van der Waals surface area contributed by atoms with Crippen LogP contribution in [-0.2, 0) is 4.74 Å². The van der Waals surface area contributed by atoms with Gasteiger partial charge < -0.3 is 10.5 Å². The van der Waals surface area contributed by atoms with Crippen LogP contribution in [0.1, 0.15) is 31.4 Å². The van der Waals surface area contributed by atoms with Gasteiger partial charge in [0.25, 0.3) is 0 Å². The molecule has 0 spiro atoms. The van der Waals surface area contributed by atoms with Crippen molar-refractivity contribution >= 4 is 0 Å². The summed E-state index contributed by atoms with van der Waals surface area (Å²) in [6.07, 6.45) is 2.21. The average molecular weight is 284 g/mol. The molecular formula is C15H22F2N2O. The molecule has 1 aliphatic rings. The number of piperidine rings is 1. The number of benzene rings is 1. The van der Waals surface area contributed by atoms with Crippen molar-refractivity contribution in [3.05, 3.63) is 35.4 Å². The smallest absolute Gasteiger partial charge is 0.159 e. The van der Waals surface area contributed by atoms with Crippen molar-refractivity contribution < 1.29 is 13.5 Å². The molecule has 1 aliphatic heterocycles. The van der Waals surface area contributed by atoms with Crippen LogP contribution in [0.15, 0.2) is 18.2 Å². The largest absolute Gasteiger partial charge is 0.378 e. The number of nitrogens with two attached hydrogens (primary N) is 1. The predicted molar refractivity (Wildman–Crippen MR) is 74.4 cm³/mol. The van der Waals surface area contributed by atoms with Gasteiger partial charge in [-0.15, -0.1) is 0 Å². The van der Waals surface area contributed by atoms with Crippen LogP contribution in [0.3, 0.4) is 0 Å². The second-order valence-electron chi connectivity index (χ2n) is 5.12. The van der Waals surface area contributed by atoms with Gasteiger partial charge in [0.1, 0.15) is 0 Å². The Labute approximate surface area is 118 Å². The van der Waals surface area contributed by atoms with Gasteiger partial charge in [-0.2, -0.15) is 0 Å². The van der Waals surface area contributed by atoms with E-state index in [9.17, 15) is 8.78 Å². The number of hydrogen-bond acceptors (Lipinski definition) is 3. The highest BCUT2D eigenvalue weighted by Crippen LogP contribution is 2.26. The summed E-state index contributed by atoms with van der Waals surface area (Å²) in [4.78, 5) is 2.22. The Morgan fingerprint density at radius 3 is 2.55 bits per heavy atom. The van der Waals surface area contributed by atoms with E-state index in [0.29, 0.717) is 12.6 Å². The third-order valence-electron chi connectivity index (χ3n) is 3.87. The predicted octanol–water partition coefficient (Wildman–Crippen LogP) is 2.47. The number of halogens is 2. The molecule has 1 heterocycles. The Balaban J connectivity index is 2.03. The highest BCUT2D eigenvalue weighted by Gasteiger charge is 2.26. The molecule has 2 rings (SSSR count). The first kappa shape index (κ1) is 15.4. The summed E-state index contributed by atoms with van der Waals surface area (Å²) in [5.74, 6) is -1.63. The lowest BCUT2D eigenvalue weighted by Gasteiger charge is -2.37. The van der Waals surface area contributed by atoms with Crippen LogP contribution in [0.25, 0.3) is 0 Å². The third kappa shape index (κ3) is 3.53. The number of likely N-dealkylation sites (tertiary alicyclic amines) is 1. The van der Waals surface area contributed by atoms with Gasteiger partial charge in [0.15, 0.2) is 11.6 Å². The number of hydrogen-bond donors (Lipinski definition) is 1. The molecule has 1 fully saturated rings. The number of ether oxygens (including phenoxy) is 1. The molecular weight excluding hydrogens is 262 g/mol. The van der Waals surface area contributed by atoms with E-state index in [1.165, 1.54) is 12.1 Å². The standard InChI is InChI=1S/C15H22F2N2O/c1-2-20-12-5-7-19(8-6-12)15(10-18)11-3-4-13(16)14(17)9-11/h3-4,9,12,15H,2,5-8,10,18H2,1H3. The first-order valence-corrected chi connectivity index (χ1v) is 7.16. The molecule has 2 N–H and O–H groups in total. The Bertz CT molecular complexity index is 434. The zero-order valence-corrected chi connectivity index (χ0v) is 11.8. The lowest BCUT2D eigenvalue weighted by Crippen LogP contribution is -2.41. The molecule has 1 aromatic rings. The second kappa shape index (κ2) is 7.11. The maximum absolute atomic E-state index is 13.4. The topological polar surface area (TPSA) is 38.5 Å². The molecule has 0 amide bonds. The molecule has 0 bridgehead atoms. The first-order chi connectivity index (χ1) is 9.65. The molecule has 1 aromatic carbocycles.